The number of ketones is 1. The zero-order valence-electron chi connectivity index (χ0n) is 16.0. The van der Waals surface area contributed by atoms with Crippen LogP contribution in [0.4, 0.5) is 0 Å². The van der Waals surface area contributed by atoms with Crippen LogP contribution in [0.25, 0.3) is 0 Å². The van der Waals surface area contributed by atoms with E-state index >= 15 is 0 Å². The Kier molecular flexibility index (Phi) is 5.86. The molecule has 1 saturated heterocycles. The minimum Gasteiger partial charge on any atom is -0.458 e. The fourth-order valence-corrected chi connectivity index (χ4v) is 2.93. The molecular formula is C20H26O6. The lowest BCUT2D eigenvalue weighted by atomic mass is 9.76. The first-order chi connectivity index (χ1) is 12.1. The van der Waals surface area contributed by atoms with Crippen molar-refractivity contribution < 1.29 is 28.6 Å². The first-order valence-corrected chi connectivity index (χ1v) is 8.67. The van der Waals surface area contributed by atoms with Gasteiger partial charge in [-0.1, -0.05) is 18.2 Å². The Morgan fingerprint density at radius 2 is 1.92 bits per heavy atom. The molecule has 142 valence electrons. The van der Waals surface area contributed by atoms with Crippen molar-refractivity contribution in [2.24, 2.45) is 5.92 Å². The van der Waals surface area contributed by atoms with Crippen LogP contribution in [0.1, 0.15) is 41.0 Å². The lowest BCUT2D eigenvalue weighted by Crippen LogP contribution is -2.47. The summed E-state index contributed by atoms with van der Waals surface area (Å²) in [4.78, 5) is 36.6. The molecule has 1 aliphatic carbocycles. The lowest BCUT2D eigenvalue weighted by molar-refractivity contribution is -0.156. The first-order valence-electron chi connectivity index (χ1n) is 8.67. The van der Waals surface area contributed by atoms with Gasteiger partial charge in [0.05, 0.1) is 6.10 Å². The van der Waals surface area contributed by atoms with Crippen LogP contribution in [0.3, 0.4) is 0 Å². The first kappa shape index (κ1) is 20.1. The van der Waals surface area contributed by atoms with E-state index in [0.29, 0.717) is 12.0 Å². The van der Waals surface area contributed by atoms with Gasteiger partial charge in [0.25, 0.3) is 0 Å². The van der Waals surface area contributed by atoms with Gasteiger partial charge in [-0.25, -0.2) is 9.59 Å². The molecule has 6 nitrogen and oxygen atoms in total. The van der Waals surface area contributed by atoms with Gasteiger partial charge in [-0.15, -0.1) is 0 Å². The number of fused-ring (bicyclic) bond motifs is 1. The third kappa shape index (κ3) is 3.96. The predicted molar refractivity (Wildman–Crippen MR) is 95.2 cm³/mol. The second-order valence-electron chi connectivity index (χ2n) is 7.05. The second-order valence-corrected chi connectivity index (χ2v) is 7.05. The summed E-state index contributed by atoms with van der Waals surface area (Å²) in [6, 6.07) is 0. The van der Waals surface area contributed by atoms with Crippen molar-refractivity contribution in [1.29, 1.82) is 0 Å². The van der Waals surface area contributed by atoms with E-state index in [4.69, 9.17) is 14.2 Å². The van der Waals surface area contributed by atoms with Crippen molar-refractivity contribution >= 4 is 17.7 Å². The summed E-state index contributed by atoms with van der Waals surface area (Å²) in [5, 5.41) is 0. The molecule has 26 heavy (non-hydrogen) atoms. The molecule has 1 heterocycles. The standard InChI is InChI=1S/C20H26O6/c1-7-12(4)18(22)24-9-8-13(5)19(23)25-16-14(11(2)3)10-15-20(6,26-15)17(16)21/h7-8,14-16H,2,9-10H2,1,3-6H3. The number of hydrogen-bond acceptors (Lipinski definition) is 6. The Morgan fingerprint density at radius 1 is 1.27 bits per heavy atom. The van der Waals surface area contributed by atoms with Gasteiger partial charge < -0.3 is 14.2 Å². The Labute approximate surface area is 153 Å². The van der Waals surface area contributed by atoms with Gasteiger partial charge in [0.15, 0.2) is 11.7 Å². The fraction of sp³-hybridized carbons (Fsp3) is 0.550. The Morgan fingerprint density at radius 3 is 2.50 bits per heavy atom. The highest BCUT2D eigenvalue weighted by Gasteiger charge is 2.66. The van der Waals surface area contributed by atoms with Crippen molar-refractivity contribution in [3.8, 4) is 0 Å². The van der Waals surface area contributed by atoms with Crippen molar-refractivity contribution in [3.63, 3.8) is 0 Å². The average molecular weight is 362 g/mol. The molecule has 0 amide bonds. The summed E-state index contributed by atoms with van der Waals surface area (Å²) < 4.78 is 16.0. The molecule has 1 saturated carbocycles. The number of carbonyl (C=O) groups is 3. The predicted octanol–water partition coefficient (Wildman–Crippen LogP) is 2.68. The second kappa shape index (κ2) is 7.58. The Bertz CT molecular complexity index is 701. The summed E-state index contributed by atoms with van der Waals surface area (Å²) in [5.41, 5.74) is 0.691. The number of allylic oxidation sites excluding steroid dienone is 1. The highest BCUT2D eigenvalue weighted by molar-refractivity contribution is 5.98. The van der Waals surface area contributed by atoms with Crippen LogP contribution in [0.15, 0.2) is 35.5 Å². The molecule has 0 aromatic heterocycles. The third-order valence-electron chi connectivity index (χ3n) is 5.07. The minimum atomic E-state index is -0.903. The Hall–Kier alpha value is -2.21. The van der Waals surface area contributed by atoms with Crippen molar-refractivity contribution in [2.75, 3.05) is 6.61 Å². The van der Waals surface area contributed by atoms with E-state index in [0.717, 1.165) is 5.57 Å². The number of epoxide rings is 1. The van der Waals surface area contributed by atoms with Gasteiger partial charge in [0, 0.05) is 17.1 Å². The molecule has 0 aromatic rings. The number of esters is 2. The summed E-state index contributed by atoms with van der Waals surface area (Å²) in [6.07, 6.45) is 2.69. The molecule has 0 bridgehead atoms. The van der Waals surface area contributed by atoms with Crippen molar-refractivity contribution in [3.05, 3.63) is 35.5 Å². The molecule has 2 rings (SSSR count). The average Bonchev–Trinajstić information content (AvgIpc) is 3.27. The highest BCUT2D eigenvalue weighted by atomic mass is 16.6. The molecule has 0 aromatic carbocycles. The van der Waals surface area contributed by atoms with E-state index in [1.54, 1.807) is 33.8 Å². The van der Waals surface area contributed by atoms with Crippen molar-refractivity contribution in [1.82, 2.24) is 0 Å². The summed E-state index contributed by atoms with van der Waals surface area (Å²) in [6.45, 7) is 12.3. The molecule has 2 fully saturated rings. The lowest BCUT2D eigenvalue weighted by Gasteiger charge is -2.30. The van der Waals surface area contributed by atoms with Crippen molar-refractivity contribution in [2.45, 2.75) is 58.8 Å². The zero-order valence-corrected chi connectivity index (χ0v) is 16.0. The molecule has 2 aliphatic rings. The number of carbonyl (C=O) groups excluding carboxylic acids is 3. The minimum absolute atomic E-state index is 0.0453. The molecule has 0 N–H and O–H groups in total. The van der Waals surface area contributed by atoms with Gasteiger partial charge in [0.1, 0.15) is 6.61 Å². The number of rotatable bonds is 6. The quantitative estimate of drug-likeness (QED) is 0.313. The summed E-state index contributed by atoms with van der Waals surface area (Å²) in [5.74, 6) is -1.54. The zero-order chi connectivity index (χ0) is 19.6. The SMILES string of the molecule is C=C(C)C1CC2OC2(C)C(=O)C1OC(=O)C(C)=CCOC(=O)C(C)=CC. The monoisotopic (exact) mass is 362 g/mol. The van der Waals surface area contributed by atoms with Crippen LogP contribution in [0.2, 0.25) is 0 Å². The van der Waals surface area contributed by atoms with Gasteiger partial charge >= 0.3 is 11.9 Å². The van der Waals surface area contributed by atoms with E-state index in [1.165, 1.54) is 6.08 Å². The molecule has 0 spiro atoms. The number of ether oxygens (including phenoxy) is 3. The van der Waals surface area contributed by atoms with Gasteiger partial charge in [0.2, 0.25) is 5.78 Å². The van der Waals surface area contributed by atoms with E-state index in [2.05, 4.69) is 6.58 Å². The maximum Gasteiger partial charge on any atom is 0.334 e. The maximum absolute atomic E-state index is 12.6. The topological polar surface area (TPSA) is 82.2 Å². The smallest absolute Gasteiger partial charge is 0.334 e. The molecular weight excluding hydrogens is 336 g/mol. The summed E-state index contributed by atoms with van der Waals surface area (Å²) in [7, 11) is 0. The largest absolute Gasteiger partial charge is 0.458 e. The van der Waals surface area contributed by atoms with E-state index < -0.39 is 23.6 Å². The molecule has 6 heteroatoms. The van der Waals surface area contributed by atoms with Crippen LogP contribution < -0.4 is 0 Å². The Balaban J connectivity index is 2.00. The van der Waals surface area contributed by atoms with Crippen LogP contribution in [-0.4, -0.2) is 42.1 Å². The molecule has 0 radical (unpaired) electrons. The number of hydrogen-bond donors (Lipinski definition) is 0. The van der Waals surface area contributed by atoms with Gasteiger partial charge in [-0.3, -0.25) is 4.79 Å². The maximum atomic E-state index is 12.6. The van der Waals surface area contributed by atoms with Crippen LogP contribution in [0, 0.1) is 5.92 Å². The van der Waals surface area contributed by atoms with Gasteiger partial charge in [-0.05, 0) is 47.1 Å². The number of Topliss-reactive ketones (excluding diaryl/α,β-unsaturated/α-hetero) is 1. The van der Waals surface area contributed by atoms with Crippen LogP contribution in [0.5, 0.6) is 0 Å². The van der Waals surface area contributed by atoms with E-state index in [1.807, 2.05) is 6.92 Å². The normalized spacial score (nSPS) is 31.1. The third-order valence-corrected chi connectivity index (χ3v) is 5.07. The van der Waals surface area contributed by atoms with E-state index in [-0.39, 0.29) is 30.0 Å². The van der Waals surface area contributed by atoms with Crippen LogP contribution >= 0.6 is 0 Å². The van der Waals surface area contributed by atoms with Gasteiger partial charge in [-0.2, -0.15) is 0 Å². The highest BCUT2D eigenvalue weighted by Crippen LogP contribution is 2.49. The van der Waals surface area contributed by atoms with E-state index in [9.17, 15) is 14.4 Å². The van der Waals surface area contributed by atoms with Crippen LogP contribution in [-0.2, 0) is 28.6 Å². The molecule has 1 aliphatic heterocycles. The molecule has 4 unspecified atom stereocenters. The molecule has 4 atom stereocenters. The summed E-state index contributed by atoms with van der Waals surface area (Å²) >= 11 is 0. The fourth-order valence-electron chi connectivity index (χ4n) is 2.93.